The minimum Gasteiger partial charge on any atom is -0.368 e. The van der Waals surface area contributed by atoms with Gasteiger partial charge in [0.2, 0.25) is 5.91 Å². The van der Waals surface area contributed by atoms with Crippen LogP contribution in [-0.4, -0.2) is 17.4 Å². The summed E-state index contributed by atoms with van der Waals surface area (Å²) in [7, 11) is 0. The van der Waals surface area contributed by atoms with E-state index in [0.717, 1.165) is 31.2 Å². The van der Waals surface area contributed by atoms with Gasteiger partial charge in [-0.15, -0.1) is 0 Å². The number of benzene rings is 1. The van der Waals surface area contributed by atoms with Crippen LogP contribution < -0.4 is 11.1 Å². The van der Waals surface area contributed by atoms with Crippen LogP contribution in [0.3, 0.4) is 0 Å². The molecule has 0 spiro atoms. The van der Waals surface area contributed by atoms with Crippen LogP contribution in [-0.2, 0) is 4.79 Å². The average Bonchev–Trinajstić information content (AvgIpc) is 2.74. The summed E-state index contributed by atoms with van der Waals surface area (Å²) < 4.78 is 0. The van der Waals surface area contributed by atoms with Gasteiger partial charge in [0.05, 0.1) is 0 Å². The van der Waals surface area contributed by atoms with Crippen LogP contribution >= 0.6 is 0 Å². The molecule has 0 atom stereocenters. The summed E-state index contributed by atoms with van der Waals surface area (Å²) in [6.07, 6.45) is 5.31. The van der Waals surface area contributed by atoms with Gasteiger partial charge in [-0.25, -0.2) is 0 Å². The molecule has 1 saturated carbocycles. The molecule has 1 fully saturated rings. The number of nitrogens with two attached hydrogens (primary N) is 1. The number of hydrogen-bond acceptors (Lipinski definition) is 2. The molecule has 0 aromatic heterocycles. The molecule has 2 rings (SSSR count). The van der Waals surface area contributed by atoms with Crippen molar-refractivity contribution in [2.45, 2.75) is 63.8 Å². The van der Waals surface area contributed by atoms with E-state index in [9.17, 15) is 9.59 Å². The lowest BCUT2D eigenvalue weighted by Crippen LogP contribution is -2.57. The van der Waals surface area contributed by atoms with Gasteiger partial charge < -0.3 is 11.1 Å². The Kier molecular flexibility index (Phi) is 5.22. The van der Waals surface area contributed by atoms with E-state index < -0.39 is 11.4 Å². The number of carbonyl (C=O) groups excluding carboxylic acids is 2. The molecule has 1 aliphatic rings. The minimum absolute atomic E-state index is 0.205. The standard InChI is InChI=1S/C18H26N2O2/c1-13(2)14-8-7-9-15(12-14)16(21)20-18(17(19)22)10-5-3-4-6-11-18/h7-9,12-13H,3-6,10-11H2,1-2H3,(H2,19,22)(H,20,21). The van der Waals surface area contributed by atoms with Crippen LogP contribution in [0.5, 0.6) is 0 Å². The van der Waals surface area contributed by atoms with E-state index in [1.807, 2.05) is 18.2 Å². The number of nitrogens with one attached hydrogen (secondary N) is 1. The Labute approximate surface area is 132 Å². The van der Waals surface area contributed by atoms with Crippen molar-refractivity contribution in [3.63, 3.8) is 0 Å². The van der Waals surface area contributed by atoms with Crippen LogP contribution in [0.1, 0.15) is 74.2 Å². The van der Waals surface area contributed by atoms with Crippen molar-refractivity contribution in [1.29, 1.82) is 0 Å². The summed E-state index contributed by atoms with van der Waals surface area (Å²) >= 11 is 0. The van der Waals surface area contributed by atoms with Crippen LogP contribution in [0, 0.1) is 0 Å². The molecular formula is C18H26N2O2. The fraction of sp³-hybridized carbons (Fsp3) is 0.556. The van der Waals surface area contributed by atoms with E-state index in [0.29, 0.717) is 24.3 Å². The van der Waals surface area contributed by atoms with Crippen molar-refractivity contribution >= 4 is 11.8 Å². The number of hydrogen-bond donors (Lipinski definition) is 2. The Hall–Kier alpha value is -1.84. The minimum atomic E-state index is -0.887. The Bertz CT molecular complexity index is 544. The highest BCUT2D eigenvalue weighted by Gasteiger charge is 2.38. The number of rotatable bonds is 4. The largest absolute Gasteiger partial charge is 0.368 e. The third kappa shape index (κ3) is 3.67. The van der Waals surface area contributed by atoms with Crippen LogP contribution in [0.15, 0.2) is 24.3 Å². The molecule has 1 aliphatic carbocycles. The van der Waals surface area contributed by atoms with Gasteiger partial charge in [0, 0.05) is 5.56 Å². The molecule has 0 radical (unpaired) electrons. The summed E-state index contributed by atoms with van der Waals surface area (Å²) in [6, 6.07) is 7.57. The fourth-order valence-corrected chi connectivity index (χ4v) is 3.09. The second kappa shape index (κ2) is 6.95. The molecule has 22 heavy (non-hydrogen) atoms. The van der Waals surface area contributed by atoms with Crippen molar-refractivity contribution in [2.75, 3.05) is 0 Å². The van der Waals surface area contributed by atoms with Gasteiger partial charge in [0.15, 0.2) is 0 Å². The lowest BCUT2D eigenvalue weighted by Gasteiger charge is -2.30. The molecule has 0 bridgehead atoms. The molecule has 0 aliphatic heterocycles. The molecule has 0 heterocycles. The van der Waals surface area contributed by atoms with Gasteiger partial charge in [-0.2, -0.15) is 0 Å². The van der Waals surface area contributed by atoms with E-state index in [2.05, 4.69) is 19.2 Å². The Balaban J connectivity index is 2.21. The maximum Gasteiger partial charge on any atom is 0.252 e. The molecule has 120 valence electrons. The summed E-state index contributed by atoms with van der Waals surface area (Å²) in [4.78, 5) is 24.6. The quantitative estimate of drug-likeness (QED) is 0.839. The average molecular weight is 302 g/mol. The van der Waals surface area contributed by atoms with E-state index >= 15 is 0 Å². The van der Waals surface area contributed by atoms with Crippen LogP contribution in [0.2, 0.25) is 0 Å². The number of primary amides is 1. The highest BCUT2D eigenvalue weighted by Crippen LogP contribution is 2.27. The molecular weight excluding hydrogens is 276 g/mol. The first-order valence-electron chi connectivity index (χ1n) is 8.17. The Morgan fingerprint density at radius 2 is 1.77 bits per heavy atom. The summed E-state index contributed by atoms with van der Waals surface area (Å²) in [6.45, 7) is 4.18. The summed E-state index contributed by atoms with van der Waals surface area (Å²) in [5, 5.41) is 2.94. The molecule has 2 amide bonds. The molecule has 1 aromatic carbocycles. The second-order valence-corrected chi connectivity index (χ2v) is 6.59. The second-order valence-electron chi connectivity index (χ2n) is 6.59. The maximum absolute atomic E-state index is 12.6. The highest BCUT2D eigenvalue weighted by atomic mass is 16.2. The molecule has 0 saturated heterocycles. The lowest BCUT2D eigenvalue weighted by molar-refractivity contribution is -0.124. The van der Waals surface area contributed by atoms with Crippen LogP contribution in [0.4, 0.5) is 0 Å². The zero-order valence-corrected chi connectivity index (χ0v) is 13.5. The maximum atomic E-state index is 12.6. The van der Waals surface area contributed by atoms with E-state index in [1.165, 1.54) is 0 Å². The van der Waals surface area contributed by atoms with Gasteiger partial charge in [0.1, 0.15) is 5.54 Å². The molecule has 4 heteroatoms. The van der Waals surface area contributed by atoms with Crippen molar-refractivity contribution in [2.24, 2.45) is 5.73 Å². The van der Waals surface area contributed by atoms with Crippen molar-refractivity contribution in [3.05, 3.63) is 35.4 Å². The molecule has 1 aromatic rings. The summed E-state index contributed by atoms with van der Waals surface area (Å²) in [5.74, 6) is -0.262. The fourth-order valence-electron chi connectivity index (χ4n) is 3.09. The highest BCUT2D eigenvalue weighted by molar-refractivity contribution is 5.99. The first-order chi connectivity index (χ1) is 10.4. The van der Waals surface area contributed by atoms with Gasteiger partial charge in [-0.3, -0.25) is 9.59 Å². The van der Waals surface area contributed by atoms with E-state index in [1.54, 1.807) is 6.07 Å². The first kappa shape index (κ1) is 16.5. The normalized spacial score (nSPS) is 17.8. The van der Waals surface area contributed by atoms with E-state index in [-0.39, 0.29) is 5.91 Å². The van der Waals surface area contributed by atoms with Crippen LogP contribution in [0.25, 0.3) is 0 Å². The third-order valence-electron chi connectivity index (χ3n) is 4.60. The predicted octanol–water partition coefficient (Wildman–Crippen LogP) is 3.12. The predicted molar refractivity (Wildman–Crippen MR) is 87.6 cm³/mol. The zero-order valence-electron chi connectivity index (χ0n) is 13.5. The van der Waals surface area contributed by atoms with Gasteiger partial charge >= 0.3 is 0 Å². The third-order valence-corrected chi connectivity index (χ3v) is 4.60. The van der Waals surface area contributed by atoms with Gasteiger partial charge in [-0.1, -0.05) is 51.7 Å². The van der Waals surface area contributed by atoms with Gasteiger partial charge in [-0.05, 0) is 36.5 Å². The SMILES string of the molecule is CC(C)c1cccc(C(=O)NC2(C(N)=O)CCCCCC2)c1. The first-order valence-corrected chi connectivity index (χ1v) is 8.17. The number of carbonyl (C=O) groups is 2. The molecule has 4 nitrogen and oxygen atoms in total. The van der Waals surface area contributed by atoms with E-state index in [4.69, 9.17) is 5.73 Å². The molecule has 0 unspecified atom stereocenters. The molecule has 3 N–H and O–H groups in total. The smallest absolute Gasteiger partial charge is 0.252 e. The zero-order chi connectivity index (χ0) is 16.2. The topological polar surface area (TPSA) is 72.2 Å². The number of amides is 2. The monoisotopic (exact) mass is 302 g/mol. The lowest BCUT2D eigenvalue weighted by atomic mass is 9.88. The van der Waals surface area contributed by atoms with Crippen molar-refractivity contribution in [1.82, 2.24) is 5.32 Å². The van der Waals surface area contributed by atoms with Gasteiger partial charge in [0.25, 0.3) is 5.91 Å². The Morgan fingerprint density at radius 1 is 1.14 bits per heavy atom. The van der Waals surface area contributed by atoms with Crippen molar-refractivity contribution < 1.29 is 9.59 Å². The van der Waals surface area contributed by atoms with Crippen molar-refractivity contribution in [3.8, 4) is 0 Å². The Morgan fingerprint density at radius 3 is 2.32 bits per heavy atom. The summed E-state index contributed by atoms with van der Waals surface area (Å²) in [5.41, 5.74) is 6.44.